The van der Waals surface area contributed by atoms with Crippen molar-refractivity contribution >= 4 is 43.6 Å². The summed E-state index contributed by atoms with van der Waals surface area (Å²) in [4.78, 5) is 16.3. The lowest BCUT2D eigenvalue weighted by Gasteiger charge is -2.21. The first-order valence-corrected chi connectivity index (χ1v) is 21.7. The maximum atomic E-state index is 5.49. The first-order chi connectivity index (χ1) is 31.2. The number of hydrogen-bond donors (Lipinski definition) is 0. The third-order valence-corrected chi connectivity index (χ3v) is 12.7. The fourth-order valence-corrected chi connectivity index (χ4v) is 9.66. The molecule has 0 saturated heterocycles. The van der Waals surface area contributed by atoms with Gasteiger partial charge in [0.25, 0.3) is 0 Å². The van der Waals surface area contributed by atoms with Crippen molar-refractivity contribution in [3.63, 3.8) is 0 Å². The van der Waals surface area contributed by atoms with Crippen molar-refractivity contribution in [2.24, 2.45) is 5.92 Å². The number of para-hydroxylation sites is 4. The zero-order valence-corrected chi connectivity index (χ0v) is 34.7. The van der Waals surface area contributed by atoms with Crippen molar-refractivity contribution in [1.29, 1.82) is 0 Å². The van der Waals surface area contributed by atoms with Crippen LogP contribution < -0.4 is 0 Å². The SMILES string of the molecule is CC1C=CC=CC1c1nc(-c2ccc(-n3c4ccccc4c4ccccc43)c(-c3ccccc3)c2)nc(-n2c3ccccc3c3cccc(-c4cccc(-c5ccccc5)c4)c32)n1. The molecule has 12 rings (SSSR count). The van der Waals surface area contributed by atoms with Crippen LogP contribution in [0.2, 0.25) is 0 Å². The highest BCUT2D eigenvalue weighted by molar-refractivity contribution is 6.14. The smallest absolute Gasteiger partial charge is 0.238 e. The van der Waals surface area contributed by atoms with Gasteiger partial charge in [-0.2, -0.15) is 9.97 Å². The van der Waals surface area contributed by atoms with Crippen molar-refractivity contribution in [2.75, 3.05) is 0 Å². The molecule has 8 aromatic carbocycles. The Kier molecular flexibility index (Phi) is 8.78. The lowest BCUT2D eigenvalue weighted by atomic mass is 9.89. The van der Waals surface area contributed by atoms with E-state index in [2.05, 4.69) is 234 Å². The van der Waals surface area contributed by atoms with Gasteiger partial charge in [0.15, 0.2) is 5.82 Å². The van der Waals surface area contributed by atoms with Crippen LogP contribution in [0.5, 0.6) is 0 Å². The summed E-state index contributed by atoms with van der Waals surface area (Å²) in [5.41, 5.74) is 13.2. The fraction of sp³-hybridized carbons (Fsp3) is 0.0517. The second-order valence-electron chi connectivity index (χ2n) is 16.4. The van der Waals surface area contributed by atoms with Crippen LogP contribution in [0.3, 0.4) is 0 Å². The second-order valence-corrected chi connectivity index (χ2v) is 16.4. The Morgan fingerprint density at radius 2 is 0.968 bits per heavy atom. The number of rotatable bonds is 7. The Morgan fingerprint density at radius 3 is 1.68 bits per heavy atom. The summed E-state index contributed by atoms with van der Waals surface area (Å²) in [6.07, 6.45) is 8.69. The van der Waals surface area contributed by atoms with Gasteiger partial charge in [-0.3, -0.25) is 4.57 Å². The number of nitrogens with zero attached hydrogens (tertiary/aromatic N) is 5. The molecule has 63 heavy (non-hydrogen) atoms. The van der Waals surface area contributed by atoms with Crippen LogP contribution in [0, 0.1) is 5.92 Å². The highest BCUT2D eigenvalue weighted by Gasteiger charge is 2.25. The summed E-state index contributed by atoms with van der Waals surface area (Å²) < 4.78 is 4.66. The minimum atomic E-state index is -0.0314. The number of fused-ring (bicyclic) bond motifs is 6. The minimum absolute atomic E-state index is 0.0314. The molecular weight excluding hydrogens is 767 g/mol. The van der Waals surface area contributed by atoms with Crippen molar-refractivity contribution in [1.82, 2.24) is 24.1 Å². The van der Waals surface area contributed by atoms with Crippen molar-refractivity contribution in [3.8, 4) is 56.4 Å². The summed E-state index contributed by atoms with van der Waals surface area (Å²) in [6.45, 7) is 2.24. The number of benzene rings is 8. The third-order valence-electron chi connectivity index (χ3n) is 12.7. The average molecular weight is 808 g/mol. The molecule has 0 spiro atoms. The molecule has 298 valence electrons. The van der Waals surface area contributed by atoms with Crippen LogP contribution >= 0.6 is 0 Å². The molecule has 3 aromatic heterocycles. The molecule has 0 amide bonds. The predicted molar refractivity (Wildman–Crippen MR) is 260 cm³/mol. The van der Waals surface area contributed by atoms with E-state index in [0.717, 1.165) is 72.2 Å². The van der Waals surface area contributed by atoms with E-state index < -0.39 is 0 Å². The van der Waals surface area contributed by atoms with E-state index in [1.54, 1.807) is 0 Å². The van der Waals surface area contributed by atoms with E-state index in [0.29, 0.717) is 11.8 Å². The van der Waals surface area contributed by atoms with Crippen molar-refractivity contribution in [3.05, 3.63) is 224 Å². The quantitative estimate of drug-likeness (QED) is 0.161. The molecule has 0 radical (unpaired) electrons. The Balaban J connectivity index is 1.11. The van der Waals surface area contributed by atoms with Gasteiger partial charge in [-0.25, -0.2) is 4.98 Å². The molecule has 2 atom stereocenters. The first-order valence-electron chi connectivity index (χ1n) is 21.7. The predicted octanol–water partition coefficient (Wildman–Crippen LogP) is 14.6. The first kappa shape index (κ1) is 36.7. The van der Waals surface area contributed by atoms with E-state index >= 15 is 0 Å². The Labute approximate surface area is 365 Å². The van der Waals surface area contributed by atoms with Gasteiger partial charge in [0.2, 0.25) is 5.95 Å². The molecule has 0 saturated carbocycles. The fourth-order valence-electron chi connectivity index (χ4n) is 9.66. The van der Waals surface area contributed by atoms with E-state index in [9.17, 15) is 0 Å². The van der Waals surface area contributed by atoms with Gasteiger partial charge in [0.1, 0.15) is 5.82 Å². The number of allylic oxidation sites excluding steroid dienone is 4. The van der Waals surface area contributed by atoms with Crippen LogP contribution in [-0.4, -0.2) is 24.1 Å². The highest BCUT2D eigenvalue weighted by Crippen LogP contribution is 2.41. The monoisotopic (exact) mass is 807 g/mol. The largest absolute Gasteiger partial charge is 0.309 e. The highest BCUT2D eigenvalue weighted by atomic mass is 15.2. The van der Waals surface area contributed by atoms with E-state index in [-0.39, 0.29) is 11.8 Å². The maximum absolute atomic E-state index is 5.49. The Bertz CT molecular complexity index is 3540. The lowest BCUT2D eigenvalue weighted by Crippen LogP contribution is -2.15. The van der Waals surface area contributed by atoms with Gasteiger partial charge in [-0.05, 0) is 70.6 Å². The minimum Gasteiger partial charge on any atom is -0.309 e. The molecule has 0 fully saturated rings. The molecule has 0 bridgehead atoms. The molecule has 1 aliphatic carbocycles. The molecular formula is C58H41N5. The van der Waals surface area contributed by atoms with Gasteiger partial charge >= 0.3 is 0 Å². The van der Waals surface area contributed by atoms with Crippen molar-refractivity contribution < 1.29 is 0 Å². The molecule has 5 heteroatoms. The van der Waals surface area contributed by atoms with Gasteiger partial charge < -0.3 is 4.57 Å². The van der Waals surface area contributed by atoms with Crippen LogP contribution in [0.4, 0.5) is 0 Å². The molecule has 3 heterocycles. The second kappa shape index (κ2) is 15.1. The average Bonchev–Trinajstić information content (AvgIpc) is 3.88. The standard InChI is InChI=1S/C58H41N5/c1-38-18-8-9-25-44(38)57-59-56(43-34-35-54(50(37-43)40-21-6-3-7-22-40)62-51-31-13-10-26-46(51)47-27-11-14-32-52(47)62)60-58(61-57)63-53-33-15-12-28-48(53)49-30-17-29-45(55(49)63)42-24-16-23-41(36-42)39-19-4-2-5-20-39/h2-38,44H,1H3. The Morgan fingerprint density at radius 1 is 0.397 bits per heavy atom. The normalized spacial score (nSPS) is 14.9. The zero-order valence-electron chi connectivity index (χ0n) is 34.7. The molecule has 5 nitrogen and oxygen atoms in total. The number of hydrogen-bond acceptors (Lipinski definition) is 3. The molecule has 1 aliphatic rings. The molecule has 2 unspecified atom stereocenters. The van der Waals surface area contributed by atoms with Crippen LogP contribution in [-0.2, 0) is 0 Å². The van der Waals surface area contributed by atoms with E-state index in [4.69, 9.17) is 15.0 Å². The van der Waals surface area contributed by atoms with Crippen molar-refractivity contribution in [2.45, 2.75) is 12.8 Å². The van der Waals surface area contributed by atoms with E-state index in [1.807, 2.05) is 0 Å². The Hall–Kier alpha value is -8.15. The van der Waals surface area contributed by atoms with Gasteiger partial charge in [-0.15, -0.1) is 0 Å². The topological polar surface area (TPSA) is 48.5 Å². The summed E-state index contributed by atoms with van der Waals surface area (Å²) in [7, 11) is 0. The van der Waals surface area contributed by atoms with Gasteiger partial charge in [0.05, 0.1) is 27.8 Å². The number of aromatic nitrogens is 5. The van der Waals surface area contributed by atoms with E-state index in [1.165, 1.54) is 21.9 Å². The summed E-state index contributed by atoms with van der Waals surface area (Å²) in [5, 5.41) is 4.74. The van der Waals surface area contributed by atoms with Crippen LogP contribution in [0.15, 0.2) is 218 Å². The summed E-state index contributed by atoms with van der Waals surface area (Å²) >= 11 is 0. The summed E-state index contributed by atoms with van der Waals surface area (Å²) in [5.74, 6) is 2.13. The molecule has 0 aliphatic heterocycles. The van der Waals surface area contributed by atoms with Gasteiger partial charge in [0, 0.05) is 44.2 Å². The maximum Gasteiger partial charge on any atom is 0.238 e. The molecule has 11 aromatic rings. The third kappa shape index (κ3) is 6.20. The molecule has 0 N–H and O–H groups in total. The van der Waals surface area contributed by atoms with Crippen LogP contribution in [0.25, 0.3) is 100 Å². The zero-order chi connectivity index (χ0) is 41.9. The lowest BCUT2D eigenvalue weighted by molar-refractivity contribution is 0.597. The van der Waals surface area contributed by atoms with Gasteiger partial charge in [-0.1, -0.05) is 183 Å². The summed E-state index contributed by atoms with van der Waals surface area (Å²) in [6, 6.07) is 69.3. The van der Waals surface area contributed by atoms with Crippen LogP contribution in [0.1, 0.15) is 18.7 Å².